The lowest BCUT2D eigenvalue weighted by Gasteiger charge is -2.26. The van der Waals surface area contributed by atoms with Crippen LogP contribution >= 0.6 is 0 Å². The van der Waals surface area contributed by atoms with Gasteiger partial charge >= 0.3 is 5.97 Å². The minimum Gasteiger partial charge on any atom is -0.481 e. The molecule has 25 heavy (non-hydrogen) atoms. The summed E-state index contributed by atoms with van der Waals surface area (Å²) in [6.07, 6.45) is 4.18. The highest BCUT2D eigenvalue weighted by atomic mass is 19.1. The smallest absolute Gasteiger partial charge is 0.306 e. The number of aliphatic carboxylic acids is 1. The van der Waals surface area contributed by atoms with E-state index in [1.54, 1.807) is 29.9 Å². The van der Waals surface area contributed by atoms with Gasteiger partial charge in [0.1, 0.15) is 5.82 Å². The summed E-state index contributed by atoms with van der Waals surface area (Å²) in [4.78, 5) is 23.5. The van der Waals surface area contributed by atoms with E-state index in [1.165, 1.54) is 12.1 Å². The molecule has 0 spiro atoms. The van der Waals surface area contributed by atoms with Crippen molar-refractivity contribution in [1.29, 1.82) is 0 Å². The molecule has 0 atom stereocenters. The molecule has 0 unspecified atom stereocenters. The Morgan fingerprint density at radius 2 is 1.84 bits per heavy atom. The molecule has 0 saturated heterocycles. The number of benzene rings is 1. The second-order valence-electron chi connectivity index (χ2n) is 6.44. The molecule has 2 aromatic rings. The number of aryl methyl sites for hydroxylation is 1. The van der Waals surface area contributed by atoms with Crippen molar-refractivity contribution in [3.8, 4) is 5.69 Å². The van der Waals surface area contributed by atoms with Gasteiger partial charge in [0.05, 0.1) is 11.6 Å². The van der Waals surface area contributed by atoms with Gasteiger partial charge in [-0.25, -0.2) is 9.07 Å². The van der Waals surface area contributed by atoms with E-state index in [2.05, 4.69) is 10.4 Å². The van der Waals surface area contributed by atoms with E-state index < -0.39 is 5.97 Å². The van der Waals surface area contributed by atoms with Crippen LogP contribution in [-0.4, -0.2) is 32.8 Å². The van der Waals surface area contributed by atoms with Gasteiger partial charge in [0.15, 0.2) is 5.69 Å². The maximum absolute atomic E-state index is 13.0. The Labute approximate surface area is 144 Å². The molecule has 132 valence electrons. The van der Waals surface area contributed by atoms with Gasteiger partial charge in [0.25, 0.3) is 5.91 Å². The summed E-state index contributed by atoms with van der Waals surface area (Å²) in [5.74, 6) is -1.68. The molecule has 1 heterocycles. The lowest BCUT2D eigenvalue weighted by molar-refractivity contribution is -0.142. The van der Waals surface area contributed by atoms with Crippen molar-refractivity contribution < 1.29 is 19.1 Å². The van der Waals surface area contributed by atoms with Crippen molar-refractivity contribution >= 4 is 11.9 Å². The van der Waals surface area contributed by atoms with Crippen LogP contribution in [0, 0.1) is 18.7 Å². The van der Waals surface area contributed by atoms with Gasteiger partial charge in [-0.1, -0.05) is 0 Å². The molecule has 1 aromatic heterocycles. The normalized spacial score (nSPS) is 20.2. The molecule has 0 radical (unpaired) electrons. The number of nitrogens with one attached hydrogen (secondary N) is 1. The van der Waals surface area contributed by atoms with Crippen LogP contribution in [0.5, 0.6) is 0 Å². The molecular formula is C18H20FN3O3. The number of aromatic nitrogens is 2. The SMILES string of the molecule is Cc1cn(-c2ccc(F)cc2)nc1C(=O)NC1CCC(C(=O)O)CC1. The third kappa shape index (κ3) is 3.87. The van der Waals surface area contributed by atoms with Crippen molar-refractivity contribution in [2.24, 2.45) is 5.92 Å². The summed E-state index contributed by atoms with van der Waals surface area (Å²) < 4.78 is 14.6. The van der Waals surface area contributed by atoms with Gasteiger partial charge < -0.3 is 10.4 Å². The molecule has 0 aliphatic heterocycles. The summed E-state index contributed by atoms with van der Waals surface area (Å²) in [7, 11) is 0. The van der Waals surface area contributed by atoms with E-state index in [-0.39, 0.29) is 23.7 Å². The fourth-order valence-corrected chi connectivity index (χ4v) is 3.15. The van der Waals surface area contributed by atoms with Gasteiger partial charge in [0.2, 0.25) is 0 Å². The highest BCUT2D eigenvalue weighted by Crippen LogP contribution is 2.24. The molecule has 2 N–H and O–H groups in total. The Morgan fingerprint density at radius 1 is 1.20 bits per heavy atom. The summed E-state index contributed by atoms with van der Waals surface area (Å²) in [6.45, 7) is 1.79. The van der Waals surface area contributed by atoms with Crippen molar-refractivity contribution in [3.05, 3.63) is 47.5 Å². The highest BCUT2D eigenvalue weighted by Gasteiger charge is 2.27. The third-order valence-corrected chi connectivity index (χ3v) is 4.62. The Balaban J connectivity index is 1.67. The molecule has 7 heteroatoms. The van der Waals surface area contributed by atoms with Crippen LogP contribution in [0.4, 0.5) is 4.39 Å². The number of carboxylic acids is 1. The van der Waals surface area contributed by atoms with E-state index >= 15 is 0 Å². The fourth-order valence-electron chi connectivity index (χ4n) is 3.15. The molecule has 0 bridgehead atoms. The molecule has 3 rings (SSSR count). The zero-order valence-corrected chi connectivity index (χ0v) is 13.9. The van der Waals surface area contributed by atoms with E-state index in [9.17, 15) is 14.0 Å². The zero-order chi connectivity index (χ0) is 18.0. The van der Waals surface area contributed by atoms with Crippen LogP contribution < -0.4 is 5.32 Å². The Kier molecular flexibility index (Phi) is 4.83. The summed E-state index contributed by atoms with van der Waals surface area (Å²) in [5.41, 5.74) is 1.72. The first-order chi connectivity index (χ1) is 11.9. The first-order valence-corrected chi connectivity index (χ1v) is 8.30. The summed E-state index contributed by atoms with van der Waals surface area (Å²) in [5, 5.41) is 16.3. The van der Waals surface area contributed by atoms with E-state index in [4.69, 9.17) is 5.11 Å². The summed E-state index contributed by atoms with van der Waals surface area (Å²) >= 11 is 0. The highest BCUT2D eigenvalue weighted by molar-refractivity contribution is 5.93. The number of carbonyl (C=O) groups excluding carboxylic acids is 1. The lowest BCUT2D eigenvalue weighted by Crippen LogP contribution is -2.39. The first kappa shape index (κ1) is 17.1. The number of rotatable bonds is 4. The molecule has 6 nitrogen and oxygen atoms in total. The van der Waals surface area contributed by atoms with Crippen LogP contribution in [-0.2, 0) is 4.79 Å². The average molecular weight is 345 g/mol. The Hall–Kier alpha value is -2.70. The third-order valence-electron chi connectivity index (χ3n) is 4.62. The fraction of sp³-hybridized carbons (Fsp3) is 0.389. The maximum atomic E-state index is 13.0. The van der Waals surface area contributed by atoms with Crippen LogP contribution in [0.25, 0.3) is 5.69 Å². The molecular weight excluding hydrogens is 325 g/mol. The first-order valence-electron chi connectivity index (χ1n) is 8.30. The van der Waals surface area contributed by atoms with Crippen molar-refractivity contribution in [2.45, 2.75) is 38.6 Å². The number of carbonyl (C=O) groups is 2. The number of nitrogens with zero attached hydrogens (tertiary/aromatic N) is 2. The van der Waals surface area contributed by atoms with Crippen LogP contribution in [0.3, 0.4) is 0 Å². The van der Waals surface area contributed by atoms with E-state index in [0.29, 0.717) is 37.1 Å². The molecule has 1 aliphatic carbocycles. The standard InChI is InChI=1S/C18H20FN3O3/c1-11-10-22(15-8-4-13(19)5-9-15)21-16(11)17(23)20-14-6-2-12(3-7-14)18(24)25/h4-5,8-10,12,14H,2-3,6-7H2,1H3,(H,20,23)(H,24,25). The minimum atomic E-state index is -0.765. The van der Waals surface area contributed by atoms with Crippen molar-refractivity contribution in [3.63, 3.8) is 0 Å². The largest absolute Gasteiger partial charge is 0.481 e. The quantitative estimate of drug-likeness (QED) is 0.892. The predicted molar refractivity (Wildman–Crippen MR) is 89.1 cm³/mol. The van der Waals surface area contributed by atoms with E-state index in [1.807, 2.05) is 0 Å². The second kappa shape index (κ2) is 7.04. The summed E-state index contributed by atoms with van der Waals surface area (Å²) in [6, 6.07) is 5.84. The number of carboxylic acid groups (broad SMARTS) is 1. The lowest BCUT2D eigenvalue weighted by atomic mass is 9.86. The van der Waals surface area contributed by atoms with Crippen LogP contribution in [0.15, 0.2) is 30.5 Å². The van der Waals surface area contributed by atoms with Crippen molar-refractivity contribution in [1.82, 2.24) is 15.1 Å². The Bertz CT molecular complexity index is 777. The van der Waals surface area contributed by atoms with Gasteiger partial charge in [0, 0.05) is 17.8 Å². The van der Waals surface area contributed by atoms with Gasteiger partial charge in [-0.15, -0.1) is 0 Å². The molecule has 1 aromatic carbocycles. The number of amides is 1. The predicted octanol–water partition coefficient (Wildman–Crippen LogP) is 2.69. The second-order valence-corrected chi connectivity index (χ2v) is 6.44. The molecule has 1 amide bonds. The molecule has 1 fully saturated rings. The monoisotopic (exact) mass is 345 g/mol. The van der Waals surface area contributed by atoms with Gasteiger partial charge in [-0.05, 0) is 56.9 Å². The van der Waals surface area contributed by atoms with Crippen LogP contribution in [0.2, 0.25) is 0 Å². The average Bonchev–Trinajstić information content (AvgIpc) is 2.98. The number of halogens is 1. The van der Waals surface area contributed by atoms with Gasteiger partial charge in [-0.3, -0.25) is 9.59 Å². The molecule has 1 saturated carbocycles. The minimum absolute atomic E-state index is 0.0292. The van der Waals surface area contributed by atoms with Gasteiger partial charge in [-0.2, -0.15) is 5.10 Å². The number of hydrogen-bond donors (Lipinski definition) is 2. The Morgan fingerprint density at radius 3 is 2.44 bits per heavy atom. The zero-order valence-electron chi connectivity index (χ0n) is 13.9. The van der Waals surface area contributed by atoms with Crippen LogP contribution in [0.1, 0.15) is 41.7 Å². The maximum Gasteiger partial charge on any atom is 0.306 e. The number of hydrogen-bond acceptors (Lipinski definition) is 3. The molecule has 1 aliphatic rings. The topological polar surface area (TPSA) is 84.2 Å². The van der Waals surface area contributed by atoms with Crippen molar-refractivity contribution in [2.75, 3.05) is 0 Å². The van der Waals surface area contributed by atoms with E-state index in [0.717, 1.165) is 5.56 Å².